The quantitative estimate of drug-likeness (QED) is 0.629. The SMILES string of the molecule is C[C@@H]1CN(C(=O)c2nn(CC(=O)N3CCC(Oc4ccccc4Cl)CC3)c3c2CCC3)C[C@H](C)O1. The molecule has 0 saturated carbocycles. The molecule has 0 unspecified atom stereocenters. The average molecular weight is 501 g/mol. The third-order valence-electron chi connectivity index (χ3n) is 7.13. The number of fused-ring (bicyclic) bond motifs is 1. The van der Waals surface area contributed by atoms with Crippen LogP contribution in [0.3, 0.4) is 0 Å². The van der Waals surface area contributed by atoms with Crippen LogP contribution in [0.5, 0.6) is 5.75 Å². The van der Waals surface area contributed by atoms with Crippen molar-refractivity contribution in [3.05, 3.63) is 46.2 Å². The fourth-order valence-electron chi connectivity index (χ4n) is 5.48. The fraction of sp³-hybridized carbons (Fsp3) is 0.577. The number of nitrogens with zero attached hydrogens (tertiary/aromatic N) is 4. The molecule has 0 radical (unpaired) electrons. The highest BCUT2D eigenvalue weighted by molar-refractivity contribution is 6.32. The summed E-state index contributed by atoms with van der Waals surface area (Å²) in [6, 6.07) is 7.47. The van der Waals surface area contributed by atoms with Crippen molar-refractivity contribution in [1.29, 1.82) is 0 Å². The lowest BCUT2D eigenvalue weighted by atomic mass is 10.1. The molecule has 3 aliphatic rings. The van der Waals surface area contributed by atoms with E-state index >= 15 is 0 Å². The number of hydrogen-bond donors (Lipinski definition) is 0. The zero-order valence-corrected chi connectivity index (χ0v) is 21.2. The molecule has 0 N–H and O–H groups in total. The molecular weight excluding hydrogens is 468 g/mol. The summed E-state index contributed by atoms with van der Waals surface area (Å²) in [5.74, 6) is 0.673. The molecule has 2 saturated heterocycles. The van der Waals surface area contributed by atoms with Crippen LogP contribution in [-0.2, 0) is 28.9 Å². The second kappa shape index (κ2) is 10.2. The number of morpholine rings is 1. The van der Waals surface area contributed by atoms with E-state index in [1.54, 1.807) is 4.68 Å². The lowest BCUT2D eigenvalue weighted by Gasteiger charge is -2.35. The van der Waals surface area contributed by atoms with Gasteiger partial charge in [0, 0.05) is 50.3 Å². The average Bonchev–Trinajstić information content (AvgIpc) is 3.44. The number of para-hydroxylation sites is 1. The maximum atomic E-state index is 13.3. The first kappa shape index (κ1) is 24.1. The summed E-state index contributed by atoms with van der Waals surface area (Å²) in [5.41, 5.74) is 2.56. The third kappa shape index (κ3) is 5.19. The van der Waals surface area contributed by atoms with E-state index < -0.39 is 0 Å². The molecule has 35 heavy (non-hydrogen) atoms. The summed E-state index contributed by atoms with van der Waals surface area (Å²) >= 11 is 6.21. The van der Waals surface area contributed by atoms with E-state index in [1.165, 1.54) is 0 Å². The Balaban J connectivity index is 1.22. The molecule has 1 aliphatic carbocycles. The Bertz CT molecular complexity index is 1090. The van der Waals surface area contributed by atoms with Gasteiger partial charge >= 0.3 is 0 Å². The Morgan fingerprint density at radius 3 is 2.51 bits per heavy atom. The van der Waals surface area contributed by atoms with Gasteiger partial charge in [0.2, 0.25) is 5.91 Å². The van der Waals surface area contributed by atoms with Gasteiger partial charge in [-0.3, -0.25) is 14.3 Å². The number of ether oxygens (including phenoxy) is 2. The fourth-order valence-corrected chi connectivity index (χ4v) is 5.66. The van der Waals surface area contributed by atoms with Crippen molar-refractivity contribution in [2.75, 3.05) is 26.2 Å². The highest BCUT2D eigenvalue weighted by Crippen LogP contribution is 2.29. The van der Waals surface area contributed by atoms with Crippen LogP contribution in [0.2, 0.25) is 5.02 Å². The Kier molecular flexibility index (Phi) is 7.02. The van der Waals surface area contributed by atoms with E-state index in [1.807, 2.05) is 47.9 Å². The molecular formula is C26H33ClN4O4. The monoisotopic (exact) mass is 500 g/mol. The number of benzene rings is 1. The molecule has 0 spiro atoms. The second-order valence-corrected chi connectivity index (χ2v) is 10.3. The van der Waals surface area contributed by atoms with Crippen molar-refractivity contribution in [2.45, 2.75) is 70.8 Å². The van der Waals surface area contributed by atoms with Crippen molar-refractivity contribution in [3.63, 3.8) is 0 Å². The van der Waals surface area contributed by atoms with Gasteiger partial charge in [-0.1, -0.05) is 23.7 Å². The minimum absolute atomic E-state index is 0.00392. The number of carbonyl (C=O) groups excluding carboxylic acids is 2. The standard InChI is InChI=1S/C26H33ClN4O4/c1-17-14-30(15-18(2)34-17)26(33)25-20-6-5-8-22(20)31(28-25)16-24(32)29-12-10-19(11-13-29)35-23-9-4-3-7-21(23)27/h3-4,7,9,17-19H,5-6,8,10-16H2,1-2H3/t17-,18+. The van der Waals surface area contributed by atoms with Gasteiger partial charge in [0.15, 0.2) is 5.69 Å². The number of carbonyl (C=O) groups is 2. The highest BCUT2D eigenvalue weighted by Gasteiger charge is 2.33. The minimum atomic E-state index is -0.0473. The largest absolute Gasteiger partial charge is 0.489 e. The molecule has 8 nitrogen and oxygen atoms in total. The number of hydrogen-bond acceptors (Lipinski definition) is 5. The Labute approximate surface area is 211 Å². The second-order valence-electron chi connectivity index (χ2n) is 9.88. The summed E-state index contributed by atoms with van der Waals surface area (Å²) in [5, 5.41) is 5.27. The lowest BCUT2D eigenvalue weighted by molar-refractivity contribution is -0.133. The zero-order chi connectivity index (χ0) is 24.5. The first-order chi connectivity index (χ1) is 16.9. The van der Waals surface area contributed by atoms with Crippen LogP contribution in [0.4, 0.5) is 0 Å². The van der Waals surface area contributed by atoms with Gasteiger partial charge in [0.1, 0.15) is 18.4 Å². The maximum Gasteiger partial charge on any atom is 0.274 e. The van der Waals surface area contributed by atoms with Crippen molar-refractivity contribution < 1.29 is 19.1 Å². The summed E-state index contributed by atoms with van der Waals surface area (Å²) in [6.07, 6.45) is 4.24. The van der Waals surface area contributed by atoms with Crippen LogP contribution in [0, 0.1) is 0 Å². The lowest BCUT2D eigenvalue weighted by Crippen LogP contribution is -2.48. The Morgan fingerprint density at radius 2 is 1.80 bits per heavy atom. The van der Waals surface area contributed by atoms with Crippen molar-refractivity contribution in [2.24, 2.45) is 0 Å². The zero-order valence-electron chi connectivity index (χ0n) is 20.4. The number of likely N-dealkylation sites (tertiary alicyclic amines) is 1. The smallest absolute Gasteiger partial charge is 0.274 e. The van der Waals surface area contributed by atoms with Crippen LogP contribution in [0.25, 0.3) is 0 Å². The molecule has 5 rings (SSSR count). The van der Waals surface area contributed by atoms with E-state index in [2.05, 4.69) is 5.10 Å². The van der Waals surface area contributed by atoms with Gasteiger partial charge < -0.3 is 19.3 Å². The predicted molar refractivity (Wildman–Crippen MR) is 132 cm³/mol. The highest BCUT2D eigenvalue weighted by atomic mass is 35.5. The van der Waals surface area contributed by atoms with E-state index in [-0.39, 0.29) is 36.7 Å². The molecule has 9 heteroatoms. The summed E-state index contributed by atoms with van der Waals surface area (Å²) in [4.78, 5) is 30.2. The van der Waals surface area contributed by atoms with Gasteiger partial charge in [-0.25, -0.2) is 0 Å². The molecule has 2 aromatic rings. The first-order valence-electron chi connectivity index (χ1n) is 12.6. The molecule has 3 heterocycles. The molecule has 1 aromatic heterocycles. The topological polar surface area (TPSA) is 76.9 Å². The number of aromatic nitrogens is 2. The van der Waals surface area contributed by atoms with Gasteiger partial charge in [-0.2, -0.15) is 5.10 Å². The van der Waals surface area contributed by atoms with Crippen LogP contribution in [-0.4, -0.2) is 75.9 Å². The third-order valence-corrected chi connectivity index (χ3v) is 7.44. The van der Waals surface area contributed by atoms with E-state index in [4.69, 9.17) is 21.1 Å². The molecule has 2 fully saturated rings. The summed E-state index contributed by atoms with van der Waals surface area (Å²) in [7, 11) is 0. The number of rotatable bonds is 5. The molecule has 188 valence electrons. The number of halogens is 1. The molecule has 2 atom stereocenters. The number of piperidine rings is 1. The first-order valence-corrected chi connectivity index (χ1v) is 13.0. The molecule has 1 aromatic carbocycles. The van der Waals surface area contributed by atoms with E-state index in [9.17, 15) is 9.59 Å². The minimum Gasteiger partial charge on any atom is -0.489 e. The van der Waals surface area contributed by atoms with E-state index in [0.717, 1.165) is 43.4 Å². The van der Waals surface area contributed by atoms with Crippen LogP contribution >= 0.6 is 11.6 Å². The van der Waals surface area contributed by atoms with Gasteiger partial charge in [-0.05, 0) is 45.2 Å². The van der Waals surface area contributed by atoms with Gasteiger partial charge in [0.05, 0.1) is 17.2 Å². The van der Waals surface area contributed by atoms with Crippen LogP contribution in [0.1, 0.15) is 54.9 Å². The van der Waals surface area contributed by atoms with Crippen molar-refractivity contribution in [3.8, 4) is 5.75 Å². The van der Waals surface area contributed by atoms with Crippen molar-refractivity contribution in [1.82, 2.24) is 19.6 Å². The van der Waals surface area contributed by atoms with Gasteiger partial charge in [0.25, 0.3) is 5.91 Å². The summed E-state index contributed by atoms with van der Waals surface area (Å²) < 4.78 is 13.6. The Morgan fingerprint density at radius 1 is 1.09 bits per heavy atom. The Hall–Kier alpha value is -2.58. The van der Waals surface area contributed by atoms with Crippen molar-refractivity contribution >= 4 is 23.4 Å². The molecule has 0 bridgehead atoms. The predicted octanol–water partition coefficient (Wildman–Crippen LogP) is 3.34. The summed E-state index contributed by atoms with van der Waals surface area (Å²) in [6.45, 7) is 6.53. The normalized spacial score (nSPS) is 22.8. The van der Waals surface area contributed by atoms with Crippen LogP contribution < -0.4 is 4.74 Å². The van der Waals surface area contributed by atoms with E-state index in [0.29, 0.717) is 42.6 Å². The number of amides is 2. The van der Waals surface area contributed by atoms with Gasteiger partial charge in [-0.15, -0.1) is 0 Å². The van der Waals surface area contributed by atoms with Crippen LogP contribution in [0.15, 0.2) is 24.3 Å². The maximum absolute atomic E-state index is 13.3. The molecule has 2 aliphatic heterocycles. The molecule has 2 amide bonds.